The highest BCUT2D eigenvalue weighted by atomic mass is 79.9. The molecule has 1 fully saturated rings. The molecule has 1 aliphatic carbocycles. The van der Waals surface area contributed by atoms with Gasteiger partial charge in [0.15, 0.2) is 0 Å². The highest BCUT2D eigenvalue weighted by Crippen LogP contribution is 2.42. The van der Waals surface area contributed by atoms with Crippen LogP contribution in [0.3, 0.4) is 0 Å². The van der Waals surface area contributed by atoms with Gasteiger partial charge in [-0.1, -0.05) is 31.9 Å². The summed E-state index contributed by atoms with van der Waals surface area (Å²) in [5.41, 5.74) is 0.773. The molecule has 1 amide bonds. The molecule has 1 N–H and O–H groups in total. The highest BCUT2D eigenvalue weighted by molar-refractivity contribution is 9.11. The Balaban J connectivity index is 1.92. The zero-order valence-corrected chi connectivity index (χ0v) is 14.3. The van der Waals surface area contributed by atoms with Crippen molar-refractivity contribution in [1.82, 2.24) is 5.32 Å². The minimum absolute atomic E-state index is 0.177. The number of ether oxygens (including phenoxy) is 1. The molecule has 0 saturated heterocycles. The Morgan fingerprint density at radius 2 is 1.84 bits per heavy atom. The second kappa shape index (κ2) is 5.44. The van der Waals surface area contributed by atoms with Gasteiger partial charge in [0, 0.05) is 20.9 Å². The largest absolute Gasteiger partial charge is 0.444 e. The van der Waals surface area contributed by atoms with Crippen molar-refractivity contribution in [1.29, 1.82) is 0 Å². The summed E-state index contributed by atoms with van der Waals surface area (Å²) < 4.78 is 7.33. The molecule has 1 aromatic carbocycles. The van der Waals surface area contributed by atoms with Crippen LogP contribution >= 0.6 is 31.9 Å². The number of benzene rings is 1. The lowest BCUT2D eigenvalue weighted by Crippen LogP contribution is -2.34. The molecule has 0 unspecified atom stereocenters. The fourth-order valence-electron chi connectivity index (χ4n) is 1.97. The van der Waals surface area contributed by atoms with E-state index < -0.39 is 5.60 Å². The molecule has 0 aromatic heterocycles. The summed E-state index contributed by atoms with van der Waals surface area (Å²) in [7, 11) is 0. The van der Waals surface area contributed by atoms with E-state index in [9.17, 15) is 4.79 Å². The average Bonchev–Trinajstić information content (AvgIpc) is 2.92. The quantitative estimate of drug-likeness (QED) is 0.801. The van der Waals surface area contributed by atoms with Gasteiger partial charge in [0.1, 0.15) is 5.60 Å². The number of alkyl carbamates (subject to hydrolysis) is 1. The van der Waals surface area contributed by atoms with E-state index in [0.717, 1.165) is 15.4 Å². The normalized spacial score (nSPS) is 21.9. The molecule has 2 rings (SSSR count). The van der Waals surface area contributed by atoms with Crippen LogP contribution in [0.25, 0.3) is 0 Å². The van der Waals surface area contributed by atoms with Crippen LogP contribution in [0.15, 0.2) is 27.1 Å². The Morgan fingerprint density at radius 3 is 2.37 bits per heavy atom. The Kier molecular flexibility index (Phi) is 4.26. The van der Waals surface area contributed by atoms with Crippen molar-refractivity contribution in [2.24, 2.45) is 0 Å². The minimum atomic E-state index is -0.451. The summed E-state index contributed by atoms with van der Waals surface area (Å²) in [6.45, 7) is 5.59. The van der Waals surface area contributed by atoms with Gasteiger partial charge < -0.3 is 10.1 Å². The molecule has 1 aromatic rings. The molecular weight excluding hydrogens is 374 g/mol. The van der Waals surface area contributed by atoms with E-state index in [-0.39, 0.29) is 12.1 Å². The number of halogens is 2. The van der Waals surface area contributed by atoms with E-state index >= 15 is 0 Å². The van der Waals surface area contributed by atoms with E-state index in [1.807, 2.05) is 26.8 Å². The van der Waals surface area contributed by atoms with Crippen LogP contribution in [0.1, 0.15) is 38.7 Å². The average molecular weight is 391 g/mol. The molecule has 19 heavy (non-hydrogen) atoms. The topological polar surface area (TPSA) is 38.3 Å². The van der Waals surface area contributed by atoms with Crippen molar-refractivity contribution in [3.8, 4) is 0 Å². The number of nitrogens with one attached hydrogen (secondary N) is 1. The van der Waals surface area contributed by atoms with Gasteiger partial charge in [-0.05, 0) is 51.0 Å². The monoisotopic (exact) mass is 389 g/mol. The van der Waals surface area contributed by atoms with E-state index in [2.05, 4.69) is 49.3 Å². The fraction of sp³-hybridized carbons (Fsp3) is 0.500. The maximum absolute atomic E-state index is 11.7. The third kappa shape index (κ3) is 4.49. The Bertz CT molecular complexity index is 476. The van der Waals surface area contributed by atoms with Crippen LogP contribution < -0.4 is 5.32 Å². The van der Waals surface area contributed by atoms with Crippen molar-refractivity contribution in [2.45, 2.75) is 44.8 Å². The predicted octanol–water partition coefficient (Wildman–Crippen LogP) is 4.59. The van der Waals surface area contributed by atoms with Crippen LogP contribution in [-0.2, 0) is 4.74 Å². The number of hydrogen-bond acceptors (Lipinski definition) is 2. The van der Waals surface area contributed by atoms with Gasteiger partial charge in [-0.25, -0.2) is 4.79 Å². The standard InChI is InChI=1S/C14H17Br2NO2/c1-14(2,3)19-13(18)17-12-7-11(12)8-4-9(15)6-10(16)5-8/h4-6,11-12H,7H2,1-3H3,(H,17,18)/t11-,12+/m0/s1. The maximum Gasteiger partial charge on any atom is 0.407 e. The third-order valence-corrected chi connectivity index (χ3v) is 3.72. The summed E-state index contributed by atoms with van der Waals surface area (Å²) in [4.78, 5) is 11.7. The van der Waals surface area contributed by atoms with Crippen LogP contribution in [0, 0.1) is 0 Å². The molecule has 0 spiro atoms. The van der Waals surface area contributed by atoms with Gasteiger partial charge in [-0.15, -0.1) is 0 Å². The molecule has 1 aliphatic rings. The molecule has 0 bridgehead atoms. The van der Waals surface area contributed by atoms with Gasteiger partial charge in [0.05, 0.1) is 0 Å². The van der Waals surface area contributed by atoms with Crippen molar-refractivity contribution >= 4 is 38.0 Å². The fourth-order valence-corrected chi connectivity index (χ4v) is 3.30. The predicted molar refractivity (Wildman–Crippen MR) is 82.4 cm³/mol. The Morgan fingerprint density at radius 1 is 1.26 bits per heavy atom. The maximum atomic E-state index is 11.7. The van der Waals surface area contributed by atoms with Crippen LogP contribution in [-0.4, -0.2) is 17.7 Å². The first kappa shape index (κ1) is 14.9. The second-order valence-corrected chi connectivity index (χ2v) is 7.63. The summed E-state index contributed by atoms with van der Waals surface area (Å²) >= 11 is 6.96. The van der Waals surface area contributed by atoms with E-state index in [1.165, 1.54) is 5.56 Å². The van der Waals surface area contributed by atoms with Gasteiger partial charge in [-0.2, -0.15) is 0 Å². The molecule has 0 heterocycles. The first-order chi connectivity index (χ1) is 8.74. The summed E-state index contributed by atoms with van der Waals surface area (Å²) in [5.74, 6) is 0.376. The highest BCUT2D eigenvalue weighted by Gasteiger charge is 2.40. The second-order valence-electron chi connectivity index (χ2n) is 5.80. The van der Waals surface area contributed by atoms with Crippen LogP contribution in [0.5, 0.6) is 0 Å². The molecular formula is C14H17Br2NO2. The number of carbonyl (C=O) groups is 1. The van der Waals surface area contributed by atoms with E-state index in [0.29, 0.717) is 5.92 Å². The van der Waals surface area contributed by atoms with Gasteiger partial charge in [0.2, 0.25) is 0 Å². The van der Waals surface area contributed by atoms with Gasteiger partial charge in [0.25, 0.3) is 0 Å². The van der Waals surface area contributed by atoms with Crippen molar-refractivity contribution in [3.63, 3.8) is 0 Å². The first-order valence-electron chi connectivity index (χ1n) is 6.20. The molecule has 1 saturated carbocycles. The lowest BCUT2D eigenvalue weighted by atomic mass is 10.1. The molecule has 104 valence electrons. The molecule has 0 aliphatic heterocycles. The number of hydrogen-bond donors (Lipinski definition) is 1. The third-order valence-electron chi connectivity index (χ3n) is 2.81. The van der Waals surface area contributed by atoms with Crippen molar-refractivity contribution in [3.05, 3.63) is 32.7 Å². The molecule has 3 nitrogen and oxygen atoms in total. The van der Waals surface area contributed by atoms with Crippen LogP contribution in [0.4, 0.5) is 4.79 Å². The number of carbonyl (C=O) groups excluding carboxylic acids is 1. The van der Waals surface area contributed by atoms with E-state index in [4.69, 9.17) is 4.74 Å². The van der Waals surface area contributed by atoms with Crippen molar-refractivity contribution in [2.75, 3.05) is 0 Å². The molecule has 5 heteroatoms. The first-order valence-corrected chi connectivity index (χ1v) is 7.79. The Hall–Kier alpha value is -0.550. The summed E-state index contributed by atoms with van der Waals surface area (Å²) in [6, 6.07) is 6.36. The zero-order chi connectivity index (χ0) is 14.2. The summed E-state index contributed by atoms with van der Waals surface area (Å²) in [6.07, 6.45) is 0.622. The zero-order valence-electron chi connectivity index (χ0n) is 11.2. The molecule has 2 atom stereocenters. The lowest BCUT2D eigenvalue weighted by Gasteiger charge is -2.19. The van der Waals surface area contributed by atoms with Gasteiger partial charge >= 0.3 is 6.09 Å². The van der Waals surface area contributed by atoms with Crippen molar-refractivity contribution < 1.29 is 9.53 Å². The SMILES string of the molecule is CC(C)(C)OC(=O)N[C@@H]1C[C@H]1c1cc(Br)cc(Br)c1. The smallest absolute Gasteiger partial charge is 0.407 e. The lowest BCUT2D eigenvalue weighted by molar-refractivity contribution is 0.0523. The summed E-state index contributed by atoms with van der Waals surface area (Å²) in [5, 5.41) is 2.91. The Labute approximate surface area is 130 Å². The van der Waals surface area contributed by atoms with Gasteiger partial charge in [-0.3, -0.25) is 0 Å². The minimum Gasteiger partial charge on any atom is -0.444 e. The van der Waals surface area contributed by atoms with E-state index in [1.54, 1.807) is 0 Å². The number of rotatable bonds is 2. The number of amides is 1. The van der Waals surface area contributed by atoms with Crippen LogP contribution in [0.2, 0.25) is 0 Å². The molecule has 0 radical (unpaired) electrons.